The zero-order valence-electron chi connectivity index (χ0n) is 18.1. The van der Waals surface area contributed by atoms with Crippen LogP contribution in [0.25, 0.3) is 11.4 Å². The van der Waals surface area contributed by atoms with Gasteiger partial charge in [0.1, 0.15) is 11.6 Å². The molecule has 0 N–H and O–H groups in total. The molecule has 2 aromatic heterocycles. The van der Waals surface area contributed by atoms with E-state index >= 15 is 0 Å². The van der Waals surface area contributed by atoms with Crippen molar-refractivity contribution < 1.29 is 13.6 Å². The zero-order valence-corrected chi connectivity index (χ0v) is 19.7. The number of thioether (sulfide) groups is 1. The minimum absolute atomic E-state index is 0.0927. The molecule has 170 valence electrons. The topological polar surface area (TPSA) is 64.2 Å². The molecule has 0 bridgehead atoms. The van der Waals surface area contributed by atoms with E-state index in [0.717, 1.165) is 16.9 Å². The summed E-state index contributed by atoms with van der Waals surface area (Å²) < 4.78 is 20.9. The average molecular weight is 485 g/mol. The van der Waals surface area contributed by atoms with Crippen molar-refractivity contribution in [2.75, 3.05) is 7.05 Å². The Morgan fingerprint density at radius 2 is 1.97 bits per heavy atom. The van der Waals surface area contributed by atoms with E-state index in [1.165, 1.54) is 23.9 Å². The lowest BCUT2D eigenvalue weighted by Crippen LogP contribution is -2.33. The number of hydrogen-bond donors (Lipinski definition) is 0. The maximum absolute atomic E-state index is 13.5. The van der Waals surface area contributed by atoms with E-state index in [1.807, 2.05) is 35.8 Å². The number of carbonyl (C=O) groups is 1. The number of aromatic nitrogens is 3. The molecule has 0 radical (unpaired) electrons. The molecule has 4 rings (SSSR count). The Morgan fingerprint density at radius 3 is 2.67 bits per heavy atom. The summed E-state index contributed by atoms with van der Waals surface area (Å²) >= 11 is 7.35. The predicted octanol–water partition coefficient (Wildman–Crippen LogP) is 5.52. The molecule has 0 saturated heterocycles. The second kappa shape index (κ2) is 10.2. The maximum atomic E-state index is 13.5. The van der Waals surface area contributed by atoms with E-state index in [2.05, 4.69) is 10.2 Å². The first-order valence-electron chi connectivity index (χ1n) is 10.3. The third kappa shape index (κ3) is 5.64. The number of rotatable bonds is 8. The minimum atomic E-state index is -0.429. The zero-order chi connectivity index (χ0) is 23.4. The summed E-state index contributed by atoms with van der Waals surface area (Å²) in [6.07, 6.45) is 1.61. The third-order valence-corrected chi connectivity index (χ3v) is 6.35. The fourth-order valence-corrected chi connectivity index (χ4v) is 4.48. The first-order valence-corrected chi connectivity index (χ1v) is 11.5. The predicted molar refractivity (Wildman–Crippen MR) is 126 cm³/mol. The summed E-state index contributed by atoms with van der Waals surface area (Å²) in [5, 5.41) is 9.52. The lowest BCUT2D eigenvalue weighted by molar-refractivity contribution is -0.129. The number of hydrogen-bond acceptors (Lipinski definition) is 5. The van der Waals surface area contributed by atoms with Crippen molar-refractivity contribution in [1.29, 1.82) is 0 Å². The molecule has 0 fully saturated rings. The molecule has 0 aliphatic carbocycles. The van der Waals surface area contributed by atoms with Crippen LogP contribution in [0.1, 0.15) is 18.2 Å². The van der Waals surface area contributed by atoms with E-state index < -0.39 is 5.25 Å². The largest absolute Gasteiger partial charge is 0.467 e. The van der Waals surface area contributed by atoms with E-state index in [4.69, 9.17) is 16.0 Å². The summed E-state index contributed by atoms with van der Waals surface area (Å²) in [6.45, 7) is 2.56. The number of furan rings is 1. The normalized spacial score (nSPS) is 12.0. The van der Waals surface area contributed by atoms with Crippen LogP contribution in [0.4, 0.5) is 4.39 Å². The van der Waals surface area contributed by atoms with Gasteiger partial charge in [-0.25, -0.2) is 4.39 Å². The molecule has 0 aliphatic rings. The highest BCUT2D eigenvalue weighted by atomic mass is 35.5. The van der Waals surface area contributed by atoms with E-state index in [1.54, 1.807) is 42.5 Å². The van der Waals surface area contributed by atoms with Gasteiger partial charge in [-0.05, 0) is 61.0 Å². The molecule has 0 spiro atoms. The van der Waals surface area contributed by atoms with E-state index in [-0.39, 0.29) is 11.7 Å². The molecule has 33 heavy (non-hydrogen) atoms. The second-order valence-electron chi connectivity index (χ2n) is 7.56. The van der Waals surface area contributed by atoms with Gasteiger partial charge in [0, 0.05) is 24.2 Å². The highest BCUT2D eigenvalue weighted by Crippen LogP contribution is 2.29. The first-order chi connectivity index (χ1) is 15.9. The summed E-state index contributed by atoms with van der Waals surface area (Å²) in [6, 6.07) is 17.3. The Hall–Kier alpha value is -3.10. The highest BCUT2D eigenvalue weighted by Gasteiger charge is 2.24. The number of nitrogens with zero attached hydrogens (tertiary/aromatic N) is 4. The van der Waals surface area contributed by atoms with Gasteiger partial charge in [-0.15, -0.1) is 10.2 Å². The van der Waals surface area contributed by atoms with Crippen LogP contribution in [0.2, 0.25) is 5.02 Å². The van der Waals surface area contributed by atoms with Gasteiger partial charge < -0.3 is 9.32 Å². The molecule has 1 amide bonds. The highest BCUT2D eigenvalue weighted by molar-refractivity contribution is 8.00. The van der Waals surface area contributed by atoms with E-state index in [0.29, 0.717) is 29.1 Å². The molecule has 1 atom stereocenters. The van der Waals surface area contributed by atoms with Gasteiger partial charge >= 0.3 is 0 Å². The molecule has 0 saturated carbocycles. The van der Waals surface area contributed by atoms with Crippen molar-refractivity contribution in [3.63, 3.8) is 0 Å². The molecule has 1 unspecified atom stereocenters. The van der Waals surface area contributed by atoms with Crippen LogP contribution in [0.3, 0.4) is 0 Å². The molecular formula is C24H22ClFN4O2S. The van der Waals surface area contributed by atoms with Crippen LogP contribution in [0.5, 0.6) is 0 Å². The van der Waals surface area contributed by atoms with Gasteiger partial charge in [-0.3, -0.25) is 9.36 Å². The van der Waals surface area contributed by atoms with Gasteiger partial charge in [0.2, 0.25) is 5.91 Å². The third-order valence-electron chi connectivity index (χ3n) is 5.03. The smallest absolute Gasteiger partial charge is 0.235 e. The van der Waals surface area contributed by atoms with Crippen LogP contribution in [-0.2, 0) is 17.9 Å². The Balaban J connectivity index is 1.54. The Morgan fingerprint density at radius 1 is 1.18 bits per heavy atom. The minimum Gasteiger partial charge on any atom is -0.467 e. The lowest BCUT2D eigenvalue weighted by Gasteiger charge is -2.21. The fraction of sp³-hybridized carbons (Fsp3) is 0.208. The summed E-state index contributed by atoms with van der Waals surface area (Å²) in [7, 11) is 1.71. The fourth-order valence-electron chi connectivity index (χ4n) is 3.40. The Bertz CT molecular complexity index is 1230. The van der Waals surface area contributed by atoms with Crippen LogP contribution in [-0.4, -0.2) is 37.9 Å². The van der Waals surface area contributed by atoms with Gasteiger partial charge in [-0.2, -0.15) is 0 Å². The monoisotopic (exact) mass is 484 g/mol. The van der Waals surface area contributed by atoms with Gasteiger partial charge in [-0.1, -0.05) is 35.5 Å². The molecule has 2 heterocycles. The van der Waals surface area contributed by atoms with Crippen molar-refractivity contribution in [3.8, 4) is 11.4 Å². The first kappa shape index (κ1) is 23.1. The molecule has 2 aromatic carbocycles. The number of carbonyl (C=O) groups excluding carboxylic acids is 1. The SMILES string of the molecule is CC(Sc1nnc(-c2ccc(Cl)cc2)n1Cc1ccco1)C(=O)N(C)Cc1cccc(F)c1. The summed E-state index contributed by atoms with van der Waals surface area (Å²) in [5.74, 6) is 0.980. The van der Waals surface area contributed by atoms with Crippen molar-refractivity contribution in [2.45, 2.75) is 30.4 Å². The van der Waals surface area contributed by atoms with Crippen molar-refractivity contribution >= 4 is 29.3 Å². The maximum Gasteiger partial charge on any atom is 0.235 e. The van der Waals surface area contributed by atoms with Crippen LogP contribution >= 0.6 is 23.4 Å². The molecule has 9 heteroatoms. The summed E-state index contributed by atoms with van der Waals surface area (Å²) in [4.78, 5) is 14.6. The molecule has 6 nitrogen and oxygen atoms in total. The van der Waals surface area contributed by atoms with Crippen molar-refractivity contribution in [2.24, 2.45) is 0 Å². The molecule has 0 aliphatic heterocycles. The van der Waals surface area contributed by atoms with Gasteiger partial charge in [0.05, 0.1) is 18.1 Å². The average Bonchev–Trinajstić information content (AvgIpc) is 3.45. The van der Waals surface area contributed by atoms with Gasteiger partial charge in [0.25, 0.3) is 0 Å². The quantitative estimate of drug-likeness (QED) is 0.308. The Kier molecular flexibility index (Phi) is 7.15. The second-order valence-corrected chi connectivity index (χ2v) is 9.31. The standard InChI is InChI=1S/C24H22ClFN4O2S/c1-16(23(31)29(2)14-17-5-3-6-20(26)13-17)33-24-28-27-22(18-8-10-19(25)11-9-18)30(24)15-21-7-4-12-32-21/h3-13,16H,14-15H2,1-2H3. The molecule has 4 aromatic rings. The van der Waals surface area contributed by atoms with Crippen LogP contribution in [0.15, 0.2) is 76.5 Å². The van der Waals surface area contributed by atoms with Crippen LogP contribution in [0, 0.1) is 5.82 Å². The lowest BCUT2D eigenvalue weighted by atomic mass is 10.2. The Labute approximate surface area is 200 Å². The van der Waals surface area contributed by atoms with Crippen LogP contribution < -0.4 is 0 Å². The number of halogens is 2. The number of benzene rings is 2. The van der Waals surface area contributed by atoms with Gasteiger partial charge in [0.15, 0.2) is 11.0 Å². The number of amides is 1. The van der Waals surface area contributed by atoms with Crippen molar-refractivity contribution in [3.05, 3.63) is 89.1 Å². The molecular weight excluding hydrogens is 463 g/mol. The summed E-state index contributed by atoms with van der Waals surface area (Å²) in [5.41, 5.74) is 1.58. The van der Waals surface area contributed by atoms with E-state index in [9.17, 15) is 9.18 Å². The van der Waals surface area contributed by atoms with Crippen molar-refractivity contribution in [1.82, 2.24) is 19.7 Å².